The van der Waals surface area contributed by atoms with Crippen LogP contribution in [0.4, 0.5) is 21.5 Å². The van der Waals surface area contributed by atoms with E-state index in [1.165, 1.54) is 6.07 Å². The summed E-state index contributed by atoms with van der Waals surface area (Å²) in [7, 11) is -3.33. The Labute approximate surface area is 146 Å². The van der Waals surface area contributed by atoms with Crippen molar-refractivity contribution in [2.24, 2.45) is 0 Å². The minimum absolute atomic E-state index is 0.318. The third kappa shape index (κ3) is 5.75. The van der Waals surface area contributed by atoms with Gasteiger partial charge in [-0.25, -0.2) is 12.8 Å². The zero-order valence-electron chi connectivity index (χ0n) is 14.1. The van der Waals surface area contributed by atoms with E-state index in [4.69, 9.17) is 0 Å². The van der Waals surface area contributed by atoms with Crippen LogP contribution in [0, 0.1) is 12.7 Å². The Bertz CT molecular complexity index is 867. The summed E-state index contributed by atoms with van der Waals surface area (Å²) in [6.07, 6.45) is 1.07. The van der Waals surface area contributed by atoms with E-state index in [9.17, 15) is 17.6 Å². The van der Waals surface area contributed by atoms with Crippen LogP contribution >= 0.6 is 0 Å². The first-order chi connectivity index (χ1) is 11.6. The molecule has 0 saturated carbocycles. The van der Waals surface area contributed by atoms with Gasteiger partial charge in [-0.15, -0.1) is 0 Å². The van der Waals surface area contributed by atoms with Crippen molar-refractivity contribution in [1.29, 1.82) is 0 Å². The predicted molar refractivity (Wildman–Crippen MR) is 97.8 cm³/mol. The van der Waals surface area contributed by atoms with E-state index < -0.39 is 16.1 Å². The van der Waals surface area contributed by atoms with E-state index in [2.05, 4.69) is 15.4 Å². The highest BCUT2D eigenvalue weighted by atomic mass is 32.2. The molecule has 0 aliphatic heterocycles. The van der Waals surface area contributed by atoms with Crippen LogP contribution in [0.15, 0.2) is 42.5 Å². The second-order valence-corrected chi connectivity index (χ2v) is 7.52. The first kappa shape index (κ1) is 18.7. The van der Waals surface area contributed by atoms with Crippen LogP contribution in [0.5, 0.6) is 0 Å². The molecule has 2 aromatic carbocycles. The second-order valence-electron chi connectivity index (χ2n) is 5.77. The third-order valence-corrected chi connectivity index (χ3v) is 4.01. The number of carbonyl (C=O) groups is 1. The number of nitrogens with one attached hydrogen (secondary N) is 3. The number of aryl methyl sites for hydroxylation is 1. The summed E-state index contributed by atoms with van der Waals surface area (Å²) < 4.78 is 38.2. The lowest BCUT2D eigenvalue weighted by Gasteiger charge is -2.16. The summed E-state index contributed by atoms with van der Waals surface area (Å²) in [5.41, 5.74) is 1.97. The molecule has 2 rings (SSSR count). The molecule has 3 N–H and O–H groups in total. The summed E-state index contributed by atoms with van der Waals surface area (Å²) in [6, 6.07) is 10.4. The van der Waals surface area contributed by atoms with Crippen molar-refractivity contribution in [1.82, 2.24) is 0 Å². The van der Waals surface area contributed by atoms with Gasteiger partial charge >= 0.3 is 0 Å². The molecular weight excluding hydrogens is 345 g/mol. The highest BCUT2D eigenvalue weighted by molar-refractivity contribution is 7.92. The number of sulfonamides is 1. The molecule has 0 radical (unpaired) electrons. The molecule has 134 valence electrons. The Morgan fingerprint density at radius 1 is 1.04 bits per heavy atom. The zero-order valence-corrected chi connectivity index (χ0v) is 14.9. The molecule has 0 saturated heterocycles. The van der Waals surface area contributed by atoms with Crippen LogP contribution in [0.2, 0.25) is 0 Å². The molecule has 0 aliphatic rings. The van der Waals surface area contributed by atoms with Crippen LogP contribution in [-0.2, 0) is 14.8 Å². The van der Waals surface area contributed by atoms with Crippen LogP contribution < -0.4 is 15.4 Å². The average Bonchev–Trinajstić information content (AvgIpc) is 2.51. The molecular formula is C17H20FN3O3S. The van der Waals surface area contributed by atoms with E-state index in [-0.39, 0.29) is 11.7 Å². The van der Waals surface area contributed by atoms with Crippen molar-refractivity contribution in [3.63, 3.8) is 0 Å². The molecule has 0 aromatic heterocycles. The highest BCUT2D eigenvalue weighted by Crippen LogP contribution is 2.17. The summed E-state index contributed by atoms with van der Waals surface area (Å²) in [4.78, 5) is 12.2. The van der Waals surface area contributed by atoms with E-state index in [0.29, 0.717) is 22.6 Å². The SMILES string of the molecule is Cc1ccc(NC(=O)C(C)Nc2ccc(NS(C)(=O)=O)cc2)cc1F. The highest BCUT2D eigenvalue weighted by Gasteiger charge is 2.13. The number of benzene rings is 2. The maximum absolute atomic E-state index is 13.5. The normalized spacial score (nSPS) is 12.3. The standard InChI is InChI=1S/C17H20FN3O3S/c1-11-4-5-15(10-16(11)18)20-17(22)12(2)19-13-6-8-14(9-7-13)21-25(3,23)24/h4-10,12,19,21H,1-3H3,(H,20,22). The van der Waals surface area contributed by atoms with Gasteiger partial charge in [0.1, 0.15) is 11.9 Å². The largest absolute Gasteiger partial charge is 0.374 e. The summed E-state index contributed by atoms with van der Waals surface area (Å²) in [5, 5.41) is 5.63. The first-order valence-electron chi connectivity index (χ1n) is 7.55. The Hall–Kier alpha value is -2.61. The maximum atomic E-state index is 13.5. The molecule has 6 nitrogen and oxygen atoms in total. The molecule has 25 heavy (non-hydrogen) atoms. The molecule has 8 heteroatoms. The minimum Gasteiger partial charge on any atom is -0.374 e. The molecule has 0 heterocycles. The predicted octanol–water partition coefficient (Wildman–Crippen LogP) is 2.94. The molecule has 0 aliphatic carbocycles. The summed E-state index contributed by atoms with van der Waals surface area (Å²) in [5.74, 6) is -0.700. The monoisotopic (exact) mass is 365 g/mol. The van der Waals surface area contributed by atoms with Crippen molar-refractivity contribution in [3.05, 3.63) is 53.8 Å². The number of hydrogen-bond donors (Lipinski definition) is 3. The number of hydrogen-bond acceptors (Lipinski definition) is 4. The van der Waals surface area contributed by atoms with Gasteiger partial charge in [0.25, 0.3) is 0 Å². The number of anilines is 3. The second kappa shape index (κ2) is 7.52. The van der Waals surface area contributed by atoms with Crippen LogP contribution in [0.3, 0.4) is 0 Å². The number of carbonyl (C=O) groups excluding carboxylic acids is 1. The summed E-state index contributed by atoms with van der Waals surface area (Å²) in [6.45, 7) is 3.32. The molecule has 1 unspecified atom stereocenters. The average molecular weight is 365 g/mol. The van der Waals surface area contributed by atoms with Crippen molar-refractivity contribution in [3.8, 4) is 0 Å². The van der Waals surface area contributed by atoms with Gasteiger partial charge in [-0.2, -0.15) is 0 Å². The number of rotatable bonds is 6. The topological polar surface area (TPSA) is 87.3 Å². The smallest absolute Gasteiger partial charge is 0.246 e. The van der Waals surface area contributed by atoms with Gasteiger partial charge in [0.05, 0.1) is 6.26 Å². The lowest BCUT2D eigenvalue weighted by Crippen LogP contribution is -2.31. The van der Waals surface area contributed by atoms with Gasteiger partial charge < -0.3 is 10.6 Å². The Balaban J connectivity index is 1.97. The van der Waals surface area contributed by atoms with E-state index in [1.807, 2.05) is 0 Å². The molecule has 1 amide bonds. The third-order valence-electron chi connectivity index (χ3n) is 3.40. The van der Waals surface area contributed by atoms with Gasteiger partial charge in [0.15, 0.2) is 0 Å². The molecule has 0 bridgehead atoms. The van der Waals surface area contributed by atoms with Gasteiger partial charge in [-0.3, -0.25) is 9.52 Å². The minimum atomic E-state index is -3.33. The first-order valence-corrected chi connectivity index (χ1v) is 9.44. The number of halogens is 1. The van der Waals surface area contributed by atoms with E-state index in [0.717, 1.165) is 6.26 Å². The quantitative estimate of drug-likeness (QED) is 0.734. The fraction of sp³-hybridized carbons (Fsp3) is 0.235. The Morgan fingerprint density at radius 2 is 1.60 bits per heavy atom. The molecule has 2 aromatic rings. The number of amides is 1. The Morgan fingerprint density at radius 3 is 2.16 bits per heavy atom. The van der Waals surface area contributed by atoms with Crippen molar-refractivity contribution in [2.45, 2.75) is 19.9 Å². The van der Waals surface area contributed by atoms with Crippen molar-refractivity contribution >= 4 is 33.0 Å². The van der Waals surface area contributed by atoms with E-state index in [1.54, 1.807) is 50.2 Å². The van der Waals surface area contributed by atoms with Crippen LogP contribution in [-0.4, -0.2) is 26.6 Å². The lowest BCUT2D eigenvalue weighted by atomic mass is 10.2. The Kier molecular flexibility index (Phi) is 5.63. The van der Waals surface area contributed by atoms with Crippen molar-refractivity contribution < 1.29 is 17.6 Å². The van der Waals surface area contributed by atoms with Gasteiger partial charge in [-0.05, 0) is 55.8 Å². The zero-order chi connectivity index (χ0) is 18.6. The maximum Gasteiger partial charge on any atom is 0.246 e. The molecule has 0 fully saturated rings. The fourth-order valence-electron chi connectivity index (χ4n) is 2.09. The van der Waals surface area contributed by atoms with E-state index >= 15 is 0 Å². The van der Waals surface area contributed by atoms with Crippen LogP contribution in [0.25, 0.3) is 0 Å². The lowest BCUT2D eigenvalue weighted by molar-refractivity contribution is -0.116. The van der Waals surface area contributed by atoms with Gasteiger partial charge in [-0.1, -0.05) is 6.07 Å². The fourth-order valence-corrected chi connectivity index (χ4v) is 2.65. The van der Waals surface area contributed by atoms with Crippen molar-refractivity contribution in [2.75, 3.05) is 21.6 Å². The molecule has 0 spiro atoms. The van der Waals surface area contributed by atoms with Gasteiger partial charge in [0.2, 0.25) is 15.9 Å². The van der Waals surface area contributed by atoms with Gasteiger partial charge in [0, 0.05) is 17.1 Å². The van der Waals surface area contributed by atoms with Crippen LogP contribution in [0.1, 0.15) is 12.5 Å². The molecule has 1 atom stereocenters. The summed E-state index contributed by atoms with van der Waals surface area (Å²) >= 11 is 0.